The van der Waals surface area contributed by atoms with Crippen LogP contribution in [-0.4, -0.2) is 25.1 Å². The molecule has 16 heavy (non-hydrogen) atoms. The van der Waals surface area contributed by atoms with Crippen molar-refractivity contribution >= 4 is 29.2 Å². The second kappa shape index (κ2) is 6.09. The monoisotopic (exact) mass is 242 g/mol. The summed E-state index contributed by atoms with van der Waals surface area (Å²) in [6.07, 6.45) is 0. The fraction of sp³-hybridized carbons (Fsp3) is 0.200. The summed E-state index contributed by atoms with van der Waals surface area (Å²) in [6.45, 7) is -0.940. The number of rotatable bonds is 5. The number of ether oxygens (including phenoxy) is 1. The fourth-order valence-corrected chi connectivity index (χ4v) is 1.08. The number of halogens is 1. The normalized spacial score (nSPS) is 9.81. The number of hydrogen-bond acceptors (Lipinski definition) is 4. The smallest absolute Gasteiger partial charge is 0.250 e. The minimum atomic E-state index is -1.36. The van der Waals surface area contributed by atoms with Crippen LogP contribution in [0.5, 0.6) is 0 Å². The summed E-state index contributed by atoms with van der Waals surface area (Å²) in [4.78, 5) is 21.2. The van der Waals surface area contributed by atoms with Crippen molar-refractivity contribution in [1.82, 2.24) is 0 Å². The van der Waals surface area contributed by atoms with E-state index >= 15 is 0 Å². The van der Waals surface area contributed by atoms with Gasteiger partial charge in [0.05, 0.1) is 12.6 Å². The Morgan fingerprint density at radius 2 is 1.88 bits per heavy atom. The van der Waals surface area contributed by atoms with Gasteiger partial charge in [-0.15, -0.1) is 0 Å². The molecule has 1 aromatic rings. The zero-order valence-electron chi connectivity index (χ0n) is 8.23. The Morgan fingerprint density at radius 3 is 2.44 bits per heavy atom. The van der Waals surface area contributed by atoms with Gasteiger partial charge in [-0.05, 0) is 24.3 Å². The highest BCUT2D eigenvalue weighted by Gasteiger charge is 2.02. The predicted octanol–water partition coefficient (Wildman–Crippen LogP) is 0.0450. The molecule has 1 amide bonds. The molecule has 0 heterocycles. The zero-order chi connectivity index (χ0) is 12.0. The van der Waals surface area contributed by atoms with Crippen LogP contribution >= 0.6 is 11.6 Å². The number of carbonyl (C=O) groups excluding carboxylic acids is 2. The van der Waals surface area contributed by atoms with Crippen LogP contribution in [0, 0.1) is 0 Å². The van der Waals surface area contributed by atoms with E-state index in [9.17, 15) is 14.7 Å². The third-order valence-electron chi connectivity index (χ3n) is 1.58. The first-order valence-corrected chi connectivity index (χ1v) is 4.79. The maximum absolute atomic E-state index is 11.2. The molecule has 0 aliphatic heterocycles. The first-order valence-electron chi connectivity index (χ1n) is 4.41. The molecule has 0 saturated heterocycles. The molecule has 86 valence electrons. The molecule has 0 unspecified atom stereocenters. The summed E-state index contributed by atoms with van der Waals surface area (Å²) < 4.78 is 4.55. The zero-order valence-corrected chi connectivity index (χ0v) is 8.99. The van der Waals surface area contributed by atoms with Gasteiger partial charge < -0.3 is 20.0 Å². The van der Waals surface area contributed by atoms with E-state index < -0.39 is 18.5 Å². The molecule has 0 spiro atoms. The number of carboxylic acid groups (broad SMARTS) is 1. The van der Waals surface area contributed by atoms with E-state index in [2.05, 4.69) is 10.1 Å². The second-order valence-corrected chi connectivity index (χ2v) is 3.36. The minimum Gasteiger partial charge on any atom is -0.548 e. The Kier molecular flexibility index (Phi) is 4.75. The first kappa shape index (κ1) is 12.5. The summed E-state index contributed by atoms with van der Waals surface area (Å²) in [7, 11) is 0. The fourth-order valence-electron chi connectivity index (χ4n) is 0.957. The Bertz CT molecular complexity index is 377. The van der Waals surface area contributed by atoms with Crippen LogP contribution in [0.2, 0.25) is 5.02 Å². The Hall–Kier alpha value is -1.59. The van der Waals surface area contributed by atoms with Crippen molar-refractivity contribution in [1.29, 1.82) is 0 Å². The molecule has 5 nitrogen and oxygen atoms in total. The van der Waals surface area contributed by atoms with Gasteiger partial charge in [0, 0.05) is 10.7 Å². The SMILES string of the molecule is O=C([O-])COCC(=O)Nc1ccc(Cl)cc1. The maximum atomic E-state index is 11.2. The van der Waals surface area contributed by atoms with E-state index in [-0.39, 0.29) is 6.61 Å². The Balaban J connectivity index is 2.34. The number of hydrogen-bond donors (Lipinski definition) is 1. The summed E-state index contributed by atoms with van der Waals surface area (Å²) in [5.41, 5.74) is 0.562. The van der Waals surface area contributed by atoms with Gasteiger partial charge in [-0.25, -0.2) is 0 Å². The molecule has 6 heteroatoms. The highest BCUT2D eigenvalue weighted by atomic mass is 35.5. The van der Waals surface area contributed by atoms with E-state index in [0.29, 0.717) is 10.7 Å². The lowest BCUT2D eigenvalue weighted by Gasteiger charge is -2.06. The molecule has 0 fully saturated rings. The molecule has 0 saturated carbocycles. The van der Waals surface area contributed by atoms with E-state index in [1.165, 1.54) is 0 Å². The molecule has 0 aromatic heterocycles. The molecule has 0 atom stereocenters. The lowest BCUT2D eigenvalue weighted by atomic mass is 10.3. The van der Waals surface area contributed by atoms with Gasteiger partial charge in [0.15, 0.2) is 0 Å². The average molecular weight is 243 g/mol. The maximum Gasteiger partial charge on any atom is 0.250 e. The van der Waals surface area contributed by atoms with Crippen LogP contribution in [0.25, 0.3) is 0 Å². The topological polar surface area (TPSA) is 78.5 Å². The van der Waals surface area contributed by atoms with Gasteiger partial charge in [0.1, 0.15) is 6.61 Å². The average Bonchev–Trinajstić information content (AvgIpc) is 2.21. The second-order valence-electron chi connectivity index (χ2n) is 2.92. The van der Waals surface area contributed by atoms with Gasteiger partial charge in [-0.2, -0.15) is 0 Å². The van der Waals surface area contributed by atoms with Gasteiger partial charge in [-0.3, -0.25) is 4.79 Å². The molecule has 0 bridgehead atoms. The summed E-state index contributed by atoms with van der Waals surface area (Å²) >= 11 is 5.66. The number of nitrogens with one attached hydrogen (secondary N) is 1. The van der Waals surface area contributed by atoms with Crippen LogP contribution in [0.15, 0.2) is 24.3 Å². The summed E-state index contributed by atoms with van der Waals surface area (Å²) in [5.74, 6) is -1.80. The Morgan fingerprint density at radius 1 is 1.25 bits per heavy atom. The summed E-state index contributed by atoms with van der Waals surface area (Å²) in [6, 6.07) is 6.50. The van der Waals surface area contributed by atoms with E-state index in [1.807, 2.05) is 0 Å². The largest absolute Gasteiger partial charge is 0.548 e. The van der Waals surface area contributed by atoms with Crippen molar-refractivity contribution in [3.63, 3.8) is 0 Å². The summed E-state index contributed by atoms with van der Waals surface area (Å²) in [5, 5.41) is 13.1. The van der Waals surface area contributed by atoms with Gasteiger partial charge >= 0.3 is 0 Å². The highest BCUT2D eigenvalue weighted by Crippen LogP contribution is 2.12. The molecular formula is C10H9ClNO4-. The van der Waals surface area contributed by atoms with Crippen LogP contribution in [0.3, 0.4) is 0 Å². The van der Waals surface area contributed by atoms with Gasteiger partial charge in [-0.1, -0.05) is 11.6 Å². The van der Waals surface area contributed by atoms with E-state index in [0.717, 1.165) is 0 Å². The van der Waals surface area contributed by atoms with Crippen molar-refractivity contribution in [2.75, 3.05) is 18.5 Å². The van der Waals surface area contributed by atoms with Crippen LogP contribution < -0.4 is 10.4 Å². The number of carboxylic acids is 1. The van der Waals surface area contributed by atoms with Crippen LogP contribution in [0.4, 0.5) is 5.69 Å². The van der Waals surface area contributed by atoms with Crippen LogP contribution in [0.1, 0.15) is 0 Å². The van der Waals surface area contributed by atoms with Gasteiger partial charge in [0.2, 0.25) is 5.91 Å². The number of aliphatic carboxylic acids is 1. The first-order chi connectivity index (χ1) is 7.58. The molecule has 1 N–H and O–H groups in total. The van der Waals surface area contributed by atoms with E-state index in [4.69, 9.17) is 11.6 Å². The predicted molar refractivity (Wildman–Crippen MR) is 55.9 cm³/mol. The van der Waals surface area contributed by atoms with Crippen molar-refractivity contribution in [2.24, 2.45) is 0 Å². The molecular weight excluding hydrogens is 234 g/mol. The molecule has 1 rings (SSSR count). The van der Waals surface area contributed by atoms with Crippen molar-refractivity contribution < 1.29 is 19.4 Å². The highest BCUT2D eigenvalue weighted by molar-refractivity contribution is 6.30. The molecule has 1 aromatic carbocycles. The molecule has 0 aliphatic carbocycles. The molecule has 0 radical (unpaired) electrons. The minimum absolute atomic E-state index is 0.337. The number of carbonyl (C=O) groups is 2. The number of benzene rings is 1. The Labute approximate surface area is 97.0 Å². The lowest BCUT2D eigenvalue weighted by molar-refractivity contribution is -0.309. The van der Waals surface area contributed by atoms with Crippen molar-refractivity contribution in [2.45, 2.75) is 0 Å². The van der Waals surface area contributed by atoms with Crippen LogP contribution in [-0.2, 0) is 14.3 Å². The third kappa shape index (κ3) is 4.77. The molecule has 0 aliphatic rings. The quantitative estimate of drug-likeness (QED) is 0.791. The number of anilines is 1. The van der Waals surface area contributed by atoms with Crippen molar-refractivity contribution in [3.05, 3.63) is 29.3 Å². The third-order valence-corrected chi connectivity index (χ3v) is 1.83. The van der Waals surface area contributed by atoms with Crippen molar-refractivity contribution in [3.8, 4) is 0 Å². The number of amides is 1. The standard InChI is InChI=1S/C10H10ClNO4/c11-7-1-3-8(4-2-7)12-9(13)5-16-6-10(14)15/h1-4H,5-6H2,(H,12,13)(H,14,15)/p-1. The van der Waals surface area contributed by atoms with E-state index in [1.54, 1.807) is 24.3 Å². The van der Waals surface area contributed by atoms with Gasteiger partial charge in [0.25, 0.3) is 0 Å². The lowest BCUT2D eigenvalue weighted by Crippen LogP contribution is -2.29.